The number of aliphatic hydroxyl groups excluding tert-OH is 1. The van der Waals surface area contributed by atoms with Gasteiger partial charge in [0.1, 0.15) is 0 Å². The van der Waals surface area contributed by atoms with Crippen LogP contribution in [0.15, 0.2) is 29.2 Å². The predicted octanol–water partition coefficient (Wildman–Crippen LogP) is 0.544. The molecule has 0 bridgehead atoms. The van der Waals surface area contributed by atoms with E-state index in [4.69, 9.17) is 5.11 Å². The molecule has 0 spiro atoms. The van der Waals surface area contributed by atoms with Crippen molar-refractivity contribution in [3.63, 3.8) is 0 Å². The zero-order valence-electron chi connectivity index (χ0n) is 10.7. The van der Waals surface area contributed by atoms with Crippen LogP contribution in [0, 0.1) is 5.92 Å². The zero-order valence-corrected chi connectivity index (χ0v) is 11.6. The monoisotopic (exact) mass is 283 g/mol. The summed E-state index contributed by atoms with van der Waals surface area (Å²) in [5.41, 5.74) is 0.223. The Kier molecular flexibility index (Phi) is 3.91. The van der Waals surface area contributed by atoms with E-state index in [-0.39, 0.29) is 34.6 Å². The van der Waals surface area contributed by atoms with Gasteiger partial charge in [0.2, 0.25) is 0 Å². The van der Waals surface area contributed by atoms with Crippen LogP contribution in [0.1, 0.15) is 17.3 Å². The predicted molar refractivity (Wildman–Crippen MR) is 70.6 cm³/mol. The van der Waals surface area contributed by atoms with Crippen LogP contribution in [-0.2, 0) is 9.84 Å². The fourth-order valence-electron chi connectivity index (χ4n) is 2.09. The van der Waals surface area contributed by atoms with Crippen LogP contribution in [-0.4, -0.2) is 49.8 Å². The molecule has 6 heteroatoms. The molecule has 1 heterocycles. The molecule has 0 atom stereocenters. The number of hydrogen-bond donors (Lipinski definition) is 1. The molecule has 0 unspecified atom stereocenters. The molecule has 2 rings (SSSR count). The second-order valence-electron chi connectivity index (χ2n) is 4.66. The highest BCUT2D eigenvalue weighted by Gasteiger charge is 2.32. The van der Waals surface area contributed by atoms with Crippen molar-refractivity contribution >= 4 is 15.7 Å². The standard InChI is InChI=1S/C13H17NO4S/c1-2-19(17,18)12-6-4-3-5-11(12)13(16)14-7-10(8-14)9-15/h3-6,10,15H,2,7-9H2,1H3. The third kappa shape index (κ3) is 2.64. The molecular weight excluding hydrogens is 266 g/mol. The summed E-state index contributed by atoms with van der Waals surface area (Å²) in [6, 6.07) is 6.28. The summed E-state index contributed by atoms with van der Waals surface area (Å²) < 4.78 is 23.9. The second kappa shape index (κ2) is 5.30. The summed E-state index contributed by atoms with van der Waals surface area (Å²) in [5, 5.41) is 8.94. The largest absolute Gasteiger partial charge is 0.396 e. The maximum atomic E-state index is 12.3. The van der Waals surface area contributed by atoms with E-state index < -0.39 is 9.84 Å². The molecule has 1 aromatic rings. The molecule has 5 nitrogen and oxygen atoms in total. The molecule has 1 aliphatic heterocycles. The van der Waals surface area contributed by atoms with Gasteiger partial charge in [-0.05, 0) is 12.1 Å². The van der Waals surface area contributed by atoms with E-state index >= 15 is 0 Å². The van der Waals surface area contributed by atoms with Crippen molar-refractivity contribution in [2.45, 2.75) is 11.8 Å². The number of carbonyl (C=O) groups excluding carboxylic acids is 1. The molecule has 19 heavy (non-hydrogen) atoms. The van der Waals surface area contributed by atoms with Crippen molar-refractivity contribution in [2.24, 2.45) is 5.92 Å². The molecule has 1 saturated heterocycles. The van der Waals surface area contributed by atoms with E-state index in [1.165, 1.54) is 12.1 Å². The smallest absolute Gasteiger partial charge is 0.255 e. The fraction of sp³-hybridized carbons (Fsp3) is 0.462. The van der Waals surface area contributed by atoms with Gasteiger partial charge in [0.15, 0.2) is 9.84 Å². The third-order valence-electron chi connectivity index (χ3n) is 3.34. The zero-order chi connectivity index (χ0) is 14.0. The lowest BCUT2D eigenvalue weighted by molar-refractivity contribution is 0.0358. The van der Waals surface area contributed by atoms with Crippen molar-refractivity contribution in [1.29, 1.82) is 0 Å². The summed E-state index contributed by atoms with van der Waals surface area (Å²) in [5.74, 6) is -0.201. The highest BCUT2D eigenvalue weighted by Crippen LogP contribution is 2.23. The number of nitrogens with zero attached hydrogens (tertiary/aromatic N) is 1. The quantitative estimate of drug-likeness (QED) is 0.875. The average Bonchev–Trinajstić information content (AvgIpc) is 2.37. The van der Waals surface area contributed by atoms with E-state index in [1.807, 2.05) is 0 Å². The maximum Gasteiger partial charge on any atom is 0.255 e. The SMILES string of the molecule is CCS(=O)(=O)c1ccccc1C(=O)N1CC(CO)C1. The fourth-order valence-corrected chi connectivity index (χ4v) is 3.18. The van der Waals surface area contributed by atoms with Crippen molar-refractivity contribution in [3.05, 3.63) is 29.8 Å². The van der Waals surface area contributed by atoms with Crippen LogP contribution in [0.3, 0.4) is 0 Å². The number of amides is 1. The molecule has 0 radical (unpaired) electrons. The van der Waals surface area contributed by atoms with Crippen LogP contribution >= 0.6 is 0 Å². The van der Waals surface area contributed by atoms with Gasteiger partial charge < -0.3 is 10.0 Å². The van der Waals surface area contributed by atoms with Crippen LogP contribution in [0.2, 0.25) is 0 Å². The van der Waals surface area contributed by atoms with Gasteiger partial charge in [-0.15, -0.1) is 0 Å². The van der Waals surface area contributed by atoms with Gasteiger partial charge in [-0.1, -0.05) is 19.1 Å². The van der Waals surface area contributed by atoms with Crippen LogP contribution in [0.25, 0.3) is 0 Å². The Balaban J connectivity index is 2.29. The lowest BCUT2D eigenvalue weighted by Gasteiger charge is -2.38. The Morgan fingerprint density at radius 3 is 2.58 bits per heavy atom. The Bertz CT molecular complexity index is 576. The minimum absolute atomic E-state index is 0.0312. The molecule has 1 amide bonds. The van der Waals surface area contributed by atoms with Crippen LogP contribution in [0.4, 0.5) is 0 Å². The number of aliphatic hydroxyl groups is 1. The van der Waals surface area contributed by atoms with Crippen molar-refractivity contribution in [2.75, 3.05) is 25.4 Å². The first-order chi connectivity index (χ1) is 8.99. The van der Waals surface area contributed by atoms with Crippen molar-refractivity contribution in [1.82, 2.24) is 4.90 Å². The average molecular weight is 283 g/mol. The lowest BCUT2D eigenvalue weighted by Crippen LogP contribution is -2.51. The van der Waals surface area contributed by atoms with E-state index in [0.29, 0.717) is 13.1 Å². The Morgan fingerprint density at radius 1 is 1.37 bits per heavy atom. The van der Waals surface area contributed by atoms with Gasteiger partial charge in [0, 0.05) is 25.6 Å². The third-order valence-corrected chi connectivity index (χ3v) is 5.12. The van der Waals surface area contributed by atoms with Gasteiger partial charge in [-0.3, -0.25) is 4.79 Å². The Labute approximate surface area is 112 Å². The number of benzene rings is 1. The first-order valence-electron chi connectivity index (χ1n) is 6.21. The summed E-state index contributed by atoms with van der Waals surface area (Å²) in [4.78, 5) is 13.9. The van der Waals surface area contributed by atoms with E-state index in [2.05, 4.69) is 0 Å². The van der Waals surface area contributed by atoms with Gasteiger partial charge in [-0.2, -0.15) is 0 Å². The summed E-state index contributed by atoms with van der Waals surface area (Å²) in [7, 11) is -3.41. The minimum Gasteiger partial charge on any atom is -0.396 e. The maximum absolute atomic E-state index is 12.3. The topological polar surface area (TPSA) is 74.7 Å². The molecule has 0 aliphatic carbocycles. The van der Waals surface area contributed by atoms with Gasteiger partial charge in [0.05, 0.1) is 16.2 Å². The van der Waals surface area contributed by atoms with Crippen molar-refractivity contribution in [3.8, 4) is 0 Å². The number of hydrogen-bond acceptors (Lipinski definition) is 4. The summed E-state index contributed by atoms with van der Waals surface area (Å²) in [6.07, 6.45) is 0. The first-order valence-corrected chi connectivity index (χ1v) is 7.86. The van der Waals surface area contributed by atoms with E-state index in [0.717, 1.165) is 0 Å². The Morgan fingerprint density at radius 2 is 2.00 bits per heavy atom. The molecule has 0 saturated carbocycles. The number of likely N-dealkylation sites (tertiary alicyclic amines) is 1. The molecular formula is C13H17NO4S. The summed E-state index contributed by atoms with van der Waals surface area (Å²) >= 11 is 0. The van der Waals surface area contributed by atoms with Gasteiger partial charge in [0.25, 0.3) is 5.91 Å². The number of rotatable bonds is 4. The first kappa shape index (κ1) is 14.0. The highest BCUT2D eigenvalue weighted by molar-refractivity contribution is 7.91. The van der Waals surface area contributed by atoms with Gasteiger partial charge in [-0.25, -0.2) is 8.42 Å². The van der Waals surface area contributed by atoms with Gasteiger partial charge >= 0.3 is 0 Å². The van der Waals surface area contributed by atoms with Crippen LogP contribution < -0.4 is 0 Å². The number of sulfone groups is 1. The number of carbonyl (C=O) groups is 1. The molecule has 1 aromatic carbocycles. The molecule has 0 aromatic heterocycles. The normalized spacial score (nSPS) is 16.2. The lowest BCUT2D eigenvalue weighted by atomic mass is 10.00. The molecule has 1 N–H and O–H groups in total. The molecule has 104 valence electrons. The van der Waals surface area contributed by atoms with Crippen LogP contribution in [0.5, 0.6) is 0 Å². The van der Waals surface area contributed by atoms with E-state index in [9.17, 15) is 13.2 Å². The van der Waals surface area contributed by atoms with E-state index in [1.54, 1.807) is 24.0 Å². The van der Waals surface area contributed by atoms with Crippen molar-refractivity contribution < 1.29 is 18.3 Å². The Hall–Kier alpha value is -1.40. The minimum atomic E-state index is -3.41. The summed E-state index contributed by atoms with van der Waals surface area (Å²) in [6.45, 7) is 2.58. The highest BCUT2D eigenvalue weighted by atomic mass is 32.2. The molecule has 1 aliphatic rings. The second-order valence-corrected chi connectivity index (χ2v) is 6.90. The molecule has 1 fully saturated rings.